The van der Waals surface area contributed by atoms with Gasteiger partial charge in [-0.3, -0.25) is 9.59 Å². The summed E-state index contributed by atoms with van der Waals surface area (Å²) in [4.78, 5) is 26.5. The summed E-state index contributed by atoms with van der Waals surface area (Å²) in [7, 11) is 0. The van der Waals surface area contributed by atoms with Crippen LogP contribution in [0.4, 0.5) is 0 Å². The van der Waals surface area contributed by atoms with Crippen LogP contribution in [-0.2, 0) is 23.8 Å². The van der Waals surface area contributed by atoms with Crippen molar-refractivity contribution in [3.63, 3.8) is 0 Å². The Morgan fingerprint density at radius 3 is 1.45 bits per heavy atom. The van der Waals surface area contributed by atoms with E-state index in [9.17, 15) is 35.1 Å². The largest absolute Gasteiger partial charge is 0.454 e. The van der Waals surface area contributed by atoms with Crippen LogP contribution in [0.2, 0.25) is 0 Å². The van der Waals surface area contributed by atoms with Crippen LogP contribution >= 0.6 is 0 Å². The van der Waals surface area contributed by atoms with E-state index in [-0.39, 0.29) is 19.4 Å². The number of unbranched alkanes of at least 4 members (excludes halogenated alkanes) is 28. The van der Waals surface area contributed by atoms with Crippen molar-refractivity contribution in [1.29, 1.82) is 0 Å². The van der Waals surface area contributed by atoms with Crippen molar-refractivity contribution in [2.75, 3.05) is 13.2 Å². The van der Waals surface area contributed by atoms with Gasteiger partial charge in [-0.05, 0) is 89.9 Å². The molecule has 1 amide bonds. The van der Waals surface area contributed by atoms with E-state index in [1.165, 1.54) is 109 Å². The molecule has 1 aliphatic heterocycles. The van der Waals surface area contributed by atoms with E-state index in [0.29, 0.717) is 12.8 Å². The Balaban J connectivity index is 2.62. The predicted molar refractivity (Wildman–Crippen MR) is 315 cm³/mol. The summed E-state index contributed by atoms with van der Waals surface area (Å²) in [6.45, 7) is 5.64. The molecule has 0 aromatic rings. The number of rotatable bonds is 52. The van der Waals surface area contributed by atoms with Crippen LogP contribution in [0, 0.1) is 0 Å². The summed E-state index contributed by atoms with van der Waals surface area (Å²) in [5.74, 6) is -1.21. The van der Waals surface area contributed by atoms with E-state index in [1.54, 1.807) is 6.08 Å². The van der Waals surface area contributed by atoms with Crippen LogP contribution in [0.3, 0.4) is 0 Å². The maximum Gasteiger partial charge on any atom is 0.306 e. The predicted octanol–water partition coefficient (Wildman–Crippen LogP) is 14.8. The van der Waals surface area contributed by atoms with Gasteiger partial charge in [-0.25, -0.2) is 0 Å². The number of hydrogen-bond acceptors (Lipinski definition) is 10. The molecule has 0 aliphatic carbocycles. The van der Waals surface area contributed by atoms with Crippen molar-refractivity contribution in [3.05, 3.63) is 72.9 Å². The Morgan fingerprint density at radius 2 is 0.947 bits per heavy atom. The molecule has 0 spiro atoms. The summed E-state index contributed by atoms with van der Waals surface area (Å²) >= 11 is 0. The minimum atomic E-state index is -1.62. The highest BCUT2D eigenvalue weighted by Crippen LogP contribution is 2.26. The normalized spacial score (nSPS) is 19.6. The van der Waals surface area contributed by atoms with Gasteiger partial charge in [0.25, 0.3) is 0 Å². The van der Waals surface area contributed by atoms with E-state index in [0.717, 1.165) is 109 Å². The van der Waals surface area contributed by atoms with Gasteiger partial charge in [-0.15, -0.1) is 0 Å². The maximum atomic E-state index is 13.4. The van der Waals surface area contributed by atoms with Crippen LogP contribution in [0.5, 0.6) is 0 Å². The number of hydrogen-bond donors (Lipinski definition) is 6. The van der Waals surface area contributed by atoms with Gasteiger partial charge < -0.3 is 45.1 Å². The zero-order chi connectivity index (χ0) is 55.4. The third-order valence-electron chi connectivity index (χ3n) is 14.3. The Morgan fingerprint density at radius 1 is 0.526 bits per heavy atom. The van der Waals surface area contributed by atoms with Crippen molar-refractivity contribution in [1.82, 2.24) is 5.32 Å². The van der Waals surface area contributed by atoms with E-state index in [1.807, 2.05) is 6.08 Å². The molecule has 0 aromatic carbocycles. The molecule has 1 heterocycles. The molecule has 11 nitrogen and oxygen atoms in total. The highest BCUT2D eigenvalue weighted by molar-refractivity contribution is 5.80. The lowest BCUT2D eigenvalue weighted by Crippen LogP contribution is -2.61. The number of allylic oxidation sites excluding steroid dienone is 11. The van der Waals surface area contributed by atoms with Crippen molar-refractivity contribution < 1.29 is 49.3 Å². The summed E-state index contributed by atoms with van der Waals surface area (Å²) in [6.07, 6.45) is 56.6. The van der Waals surface area contributed by atoms with Gasteiger partial charge in [-0.1, -0.05) is 241 Å². The lowest BCUT2D eigenvalue weighted by atomic mass is 9.99. The van der Waals surface area contributed by atoms with Crippen molar-refractivity contribution in [3.8, 4) is 0 Å². The fourth-order valence-corrected chi connectivity index (χ4v) is 9.40. The minimum Gasteiger partial charge on any atom is -0.454 e. The molecule has 1 rings (SSSR count). The highest BCUT2D eigenvalue weighted by atomic mass is 16.7. The monoisotopic (exact) mass is 1070 g/mol. The molecule has 0 aromatic heterocycles. The molecule has 6 N–H and O–H groups in total. The SMILES string of the molecule is CC/C=C/C/C=C/CCCCCCCCC(O)C(=O)NC(COC1OC(CO)C(O)C(O)C1OC(=O)CCCCCCCCCCCC/C=C\C/C=C\C/C=C\CCCCC)C(O)/C=C/CCCCCCCCCCC. The molecule has 11 heteroatoms. The van der Waals surface area contributed by atoms with Crippen LogP contribution in [0.15, 0.2) is 72.9 Å². The highest BCUT2D eigenvalue weighted by Gasteiger charge is 2.47. The summed E-state index contributed by atoms with van der Waals surface area (Å²) in [5.41, 5.74) is 0. The molecule has 8 atom stereocenters. The number of carbonyl (C=O) groups excluding carboxylic acids is 2. The van der Waals surface area contributed by atoms with Crippen molar-refractivity contribution in [2.24, 2.45) is 0 Å². The van der Waals surface area contributed by atoms with Crippen molar-refractivity contribution >= 4 is 11.9 Å². The van der Waals surface area contributed by atoms with Gasteiger partial charge in [0, 0.05) is 6.42 Å². The summed E-state index contributed by atoms with van der Waals surface area (Å²) in [5, 5.41) is 56.9. The first-order valence-corrected chi connectivity index (χ1v) is 31.2. The van der Waals surface area contributed by atoms with E-state index in [4.69, 9.17) is 14.2 Å². The second-order valence-electron chi connectivity index (χ2n) is 21.4. The van der Waals surface area contributed by atoms with Crippen LogP contribution in [-0.4, -0.2) is 99.6 Å². The summed E-state index contributed by atoms with van der Waals surface area (Å²) in [6, 6.07) is -1.03. The maximum absolute atomic E-state index is 13.4. The number of esters is 1. The van der Waals surface area contributed by atoms with E-state index >= 15 is 0 Å². The molecule has 1 saturated heterocycles. The fourth-order valence-electron chi connectivity index (χ4n) is 9.40. The van der Waals surface area contributed by atoms with E-state index < -0.39 is 67.4 Å². The molecule has 0 saturated carbocycles. The second-order valence-corrected chi connectivity index (χ2v) is 21.4. The quantitative estimate of drug-likeness (QED) is 0.0195. The average Bonchev–Trinajstić information content (AvgIpc) is 3.42. The molecular weight excluding hydrogens is 955 g/mol. The number of carbonyl (C=O) groups is 2. The first-order chi connectivity index (χ1) is 37.2. The van der Waals surface area contributed by atoms with Gasteiger partial charge in [0.15, 0.2) is 12.4 Å². The van der Waals surface area contributed by atoms with Crippen LogP contribution in [0.25, 0.3) is 0 Å². The molecule has 1 aliphatic rings. The molecule has 1 fully saturated rings. The van der Waals surface area contributed by atoms with Crippen molar-refractivity contribution in [2.45, 2.75) is 314 Å². The number of amides is 1. The average molecular weight is 1070 g/mol. The molecular formula is C65H115NO10. The third-order valence-corrected chi connectivity index (χ3v) is 14.3. The Bertz CT molecular complexity index is 1510. The third kappa shape index (κ3) is 40.3. The van der Waals surface area contributed by atoms with Gasteiger partial charge >= 0.3 is 5.97 Å². The number of aliphatic hydroxyl groups is 5. The smallest absolute Gasteiger partial charge is 0.306 e. The van der Waals surface area contributed by atoms with E-state index in [2.05, 4.69) is 86.8 Å². The first-order valence-electron chi connectivity index (χ1n) is 31.2. The number of ether oxygens (including phenoxy) is 3. The lowest BCUT2D eigenvalue weighted by molar-refractivity contribution is -0.305. The number of nitrogens with one attached hydrogen (secondary N) is 1. The molecule has 440 valence electrons. The van der Waals surface area contributed by atoms with Crippen LogP contribution in [0.1, 0.15) is 265 Å². The Hall–Kier alpha value is -2.90. The fraction of sp³-hybridized carbons (Fsp3) is 0.785. The van der Waals surface area contributed by atoms with Gasteiger partial charge in [0.1, 0.15) is 24.4 Å². The zero-order valence-electron chi connectivity index (χ0n) is 48.6. The molecule has 0 bridgehead atoms. The van der Waals surface area contributed by atoms with Crippen LogP contribution < -0.4 is 5.32 Å². The topological polar surface area (TPSA) is 175 Å². The second kappa shape index (κ2) is 52.8. The molecule has 0 radical (unpaired) electrons. The molecule has 76 heavy (non-hydrogen) atoms. The first kappa shape index (κ1) is 71.1. The Kier molecular flexibility index (Phi) is 49.4. The standard InChI is InChI=1S/C65H115NO10/c1-4-7-10-13-16-19-22-24-25-26-27-28-29-30-31-32-33-35-38-41-44-47-50-53-60(70)76-63-62(72)61(71)59(54-67)75-65(63)74-55-56(57(68)51-48-45-42-39-36-21-18-15-12-9-6-3)66-64(73)58(69)52-49-46-43-40-37-34-23-20-17-14-11-8-5-2/h8,11,16-17,19-20,24-25,27-28,48,51,56-59,61-63,65,67-69,71-72H,4-7,9-10,12-15,18,21-23,26,29-47,49-50,52-55H2,1-3H3,(H,66,73)/b11-8+,19-16-,20-17+,25-24-,28-27-,51-48+. The summed E-state index contributed by atoms with van der Waals surface area (Å²) < 4.78 is 17.6. The zero-order valence-corrected chi connectivity index (χ0v) is 48.6. The molecule has 8 unspecified atom stereocenters. The number of aliphatic hydroxyl groups excluding tert-OH is 5. The van der Waals surface area contributed by atoms with Gasteiger partial charge in [-0.2, -0.15) is 0 Å². The lowest BCUT2D eigenvalue weighted by Gasteiger charge is -2.41. The minimum absolute atomic E-state index is 0.116. The van der Waals surface area contributed by atoms with Gasteiger partial charge in [0.2, 0.25) is 5.91 Å². The Labute approximate surface area is 464 Å². The van der Waals surface area contributed by atoms with Gasteiger partial charge in [0.05, 0.1) is 25.4 Å².